The van der Waals surface area contributed by atoms with E-state index in [-0.39, 0.29) is 17.8 Å². The van der Waals surface area contributed by atoms with Gasteiger partial charge in [0.25, 0.3) is 0 Å². The molecule has 1 heterocycles. The van der Waals surface area contributed by atoms with Crippen molar-refractivity contribution >= 4 is 30.4 Å². The maximum atomic E-state index is 7.83. The molecule has 0 aliphatic heterocycles. The molecule has 0 aliphatic rings. The van der Waals surface area contributed by atoms with Gasteiger partial charge in [0.1, 0.15) is 0 Å². The molecule has 0 atom stereocenters. The topological polar surface area (TPSA) is 134 Å². The van der Waals surface area contributed by atoms with Gasteiger partial charge in [0.15, 0.2) is 12.5 Å². The smallest absolute Gasteiger partial charge is 0.226 e. The van der Waals surface area contributed by atoms with Crippen LogP contribution in [0.2, 0.25) is 0 Å². The van der Waals surface area contributed by atoms with Crippen LogP contribution in [0.3, 0.4) is 0 Å². The standard InChI is InChI=1S/C3H6N6.OS/c4-1-7-2(5)9-3(6)8-1;1-2/h(H6,4,5,6,7,8,9);. The molecule has 1 aromatic heterocycles. The van der Waals surface area contributed by atoms with E-state index in [9.17, 15) is 0 Å². The van der Waals surface area contributed by atoms with Gasteiger partial charge in [-0.1, -0.05) is 0 Å². The molecular weight excluding hydrogens is 168 g/mol. The van der Waals surface area contributed by atoms with E-state index in [1.54, 1.807) is 0 Å². The molecule has 0 bridgehead atoms. The summed E-state index contributed by atoms with van der Waals surface area (Å²) in [6.45, 7) is 0. The van der Waals surface area contributed by atoms with Crippen LogP contribution in [0.4, 0.5) is 17.8 Å². The van der Waals surface area contributed by atoms with Crippen LogP contribution in [0, 0.1) is 0 Å². The van der Waals surface area contributed by atoms with Crippen molar-refractivity contribution in [3.05, 3.63) is 0 Å². The molecule has 1 rings (SSSR count). The Kier molecular flexibility index (Phi) is 3.67. The van der Waals surface area contributed by atoms with Crippen molar-refractivity contribution in [1.29, 1.82) is 0 Å². The first kappa shape index (κ1) is 9.43. The summed E-state index contributed by atoms with van der Waals surface area (Å²) in [6, 6.07) is 0. The highest BCUT2D eigenvalue weighted by Crippen LogP contribution is 1.97. The fraction of sp³-hybridized carbons (Fsp3) is 0. The number of hydrogen-bond donors (Lipinski definition) is 3. The Hall–Kier alpha value is -1.57. The summed E-state index contributed by atoms with van der Waals surface area (Å²) in [5, 5.41) is 0. The largest absolute Gasteiger partial charge is 0.368 e. The molecule has 0 aromatic carbocycles. The van der Waals surface area contributed by atoms with Gasteiger partial charge in [-0.25, -0.2) is 0 Å². The van der Waals surface area contributed by atoms with Crippen molar-refractivity contribution < 1.29 is 4.21 Å². The third kappa shape index (κ3) is 3.20. The van der Waals surface area contributed by atoms with Gasteiger partial charge in [0.05, 0.1) is 0 Å². The highest BCUT2D eigenvalue weighted by Gasteiger charge is 1.93. The predicted octanol–water partition coefficient (Wildman–Crippen LogP) is -1.72. The van der Waals surface area contributed by atoms with E-state index in [1.165, 1.54) is 0 Å². The first-order valence-corrected chi connectivity index (χ1v) is 2.71. The van der Waals surface area contributed by atoms with Crippen molar-refractivity contribution in [2.24, 2.45) is 0 Å². The first-order valence-electron chi connectivity index (χ1n) is 2.37. The summed E-state index contributed by atoms with van der Waals surface area (Å²) in [7, 11) is 0. The maximum Gasteiger partial charge on any atom is 0.226 e. The molecule has 0 aliphatic carbocycles. The summed E-state index contributed by atoms with van der Waals surface area (Å²) >= 11 is 2.83. The normalized spacial score (nSPS) is 8.00. The summed E-state index contributed by atoms with van der Waals surface area (Å²) < 4.78 is 7.83. The number of nitrogens with two attached hydrogens (primary N) is 3. The molecule has 0 saturated carbocycles. The van der Waals surface area contributed by atoms with E-state index < -0.39 is 0 Å². The molecule has 0 spiro atoms. The zero-order valence-electron chi connectivity index (χ0n) is 5.39. The van der Waals surface area contributed by atoms with E-state index >= 15 is 0 Å². The fourth-order valence-electron chi connectivity index (χ4n) is 0.427. The quantitative estimate of drug-likeness (QED) is 0.423. The minimum absolute atomic E-state index is 0.0417. The Labute approximate surface area is 67.6 Å². The number of nitrogens with zero attached hydrogens (tertiary/aromatic N) is 3. The lowest BCUT2D eigenvalue weighted by molar-refractivity contribution is 0.702. The van der Waals surface area contributed by atoms with Gasteiger partial charge >= 0.3 is 0 Å². The zero-order chi connectivity index (χ0) is 8.85. The molecule has 0 radical (unpaired) electrons. The summed E-state index contributed by atoms with van der Waals surface area (Å²) in [5.74, 6) is 0.125. The number of hydrogen-bond acceptors (Lipinski definition) is 8. The number of rotatable bonds is 0. The SMILES string of the molecule is Nc1nc(N)nc(N)n1.O=S. The molecule has 7 nitrogen and oxygen atoms in total. The van der Waals surface area contributed by atoms with Gasteiger partial charge in [0.2, 0.25) is 17.8 Å². The van der Waals surface area contributed by atoms with Crippen LogP contribution in [0.15, 0.2) is 0 Å². The Balaban J connectivity index is 0.000000461. The van der Waals surface area contributed by atoms with Crippen molar-refractivity contribution in [2.75, 3.05) is 17.2 Å². The van der Waals surface area contributed by atoms with Crippen molar-refractivity contribution in [3.63, 3.8) is 0 Å². The molecule has 0 fully saturated rings. The van der Waals surface area contributed by atoms with Crippen molar-refractivity contribution in [3.8, 4) is 0 Å². The van der Waals surface area contributed by atoms with Crippen LogP contribution in [0.1, 0.15) is 0 Å². The zero-order valence-corrected chi connectivity index (χ0v) is 6.21. The van der Waals surface area contributed by atoms with Crippen LogP contribution in [-0.2, 0) is 12.5 Å². The highest BCUT2D eigenvalue weighted by molar-refractivity contribution is 7.44. The predicted molar refractivity (Wildman–Crippen MR) is 41.2 cm³/mol. The second-order valence-corrected chi connectivity index (χ2v) is 1.41. The molecule has 8 heteroatoms. The van der Waals surface area contributed by atoms with Crippen LogP contribution >= 0.6 is 0 Å². The monoisotopic (exact) mass is 174 g/mol. The van der Waals surface area contributed by atoms with Crippen LogP contribution in [0.5, 0.6) is 0 Å². The molecule has 0 amide bonds. The van der Waals surface area contributed by atoms with Gasteiger partial charge in [-0.2, -0.15) is 19.2 Å². The lowest BCUT2D eigenvalue weighted by atomic mass is 10.9. The number of nitrogen functional groups attached to an aromatic ring is 3. The Bertz CT molecular complexity index is 191. The molecule has 11 heavy (non-hydrogen) atoms. The molecule has 60 valence electrons. The first-order chi connectivity index (χ1) is 5.18. The van der Waals surface area contributed by atoms with Crippen molar-refractivity contribution in [1.82, 2.24) is 15.0 Å². The second-order valence-electron chi connectivity index (χ2n) is 1.41. The average Bonchev–Trinajstić information content (AvgIpc) is 1.88. The maximum absolute atomic E-state index is 7.83. The minimum Gasteiger partial charge on any atom is -0.368 e. The summed E-state index contributed by atoms with van der Waals surface area (Å²) in [6.07, 6.45) is 0. The van der Waals surface area contributed by atoms with E-state index in [4.69, 9.17) is 21.4 Å². The van der Waals surface area contributed by atoms with E-state index in [2.05, 4.69) is 27.5 Å². The summed E-state index contributed by atoms with van der Waals surface area (Å²) in [4.78, 5) is 10.5. The molecule has 6 N–H and O–H groups in total. The average molecular weight is 174 g/mol. The molecule has 0 unspecified atom stereocenters. The van der Waals surface area contributed by atoms with Gasteiger partial charge in [0, 0.05) is 0 Å². The number of anilines is 3. The molecule has 1 aromatic rings. The van der Waals surface area contributed by atoms with Gasteiger partial charge in [-0.15, -0.1) is 0 Å². The van der Waals surface area contributed by atoms with E-state index in [0.717, 1.165) is 0 Å². The molecular formula is C3H6N6OS. The Morgan fingerprint density at radius 2 is 1.00 bits per heavy atom. The Morgan fingerprint density at radius 1 is 0.818 bits per heavy atom. The second kappa shape index (κ2) is 4.28. The van der Waals surface area contributed by atoms with Crippen LogP contribution < -0.4 is 17.2 Å². The summed E-state index contributed by atoms with van der Waals surface area (Å²) in [5.41, 5.74) is 15.4. The highest BCUT2D eigenvalue weighted by atomic mass is 32.1. The third-order valence-electron chi connectivity index (χ3n) is 0.687. The Morgan fingerprint density at radius 3 is 1.18 bits per heavy atom. The van der Waals surface area contributed by atoms with Crippen molar-refractivity contribution in [2.45, 2.75) is 0 Å². The lowest BCUT2D eigenvalue weighted by Crippen LogP contribution is -2.05. The van der Waals surface area contributed by atoms with E-state index in [1.807, 2.05) is 0 Å². The van der Waals surface area contributed by atoms with Crippen LogP contribution in [0.25, 0.3) is 0 Å². The fourth-order valence-corrected chi connectivity index (χ4v) is 0.427. The third-order valence-corrected chi connectivity index (χ3v) is 0.687. The van der Waals surface area contributed by atoms with Gasteiger partial charge < -0.3 is 17.2 Å². The van der Waals surface area contributed by atoms with Crippen LogP contribution in [-0.4, -0.2) is 19.2 Å². The minimum atomic E-state index is 0.0417. The molecule has 0 saturated heterocycles. The van der Waals surface area contributed by atoms with Gasteiger partial charge in [-0.05, 0) is 0 Å². The van der Waals surface area contributed by atoms with Gasteiger partial charge in [-0.3, -0.25) is 0 Å². The van der Waals surface area contributed by atoms with E-state index in [0.29, 0.717) is 0 Å². The lowest BCUT2D eigenvalue weighted by Gasteiger charge is -1.93. The number of aromatic nitrogens is 3.